The average Bonchev–Trinajstić information content (AvgIpc) is 2.61. The van der Waals surface area contributed by atoms with Gasteiger partial charge in [0.15, 0.2) is 0 Å². The largest absolute Gasteiger partial charge is 0.354 e. The molecule has 152 valence electrons. The van der Waals surface area contributed by atoms with Crippen molar-refractivity contribution in [2.45, 2.75) is 99.8 Å². The quantitative estimate of drug-likeness (QED) is 0.708. The molecule has 2 saturated heterocycles. The Morgan fingerprint density at radius 1 is 0.692 bits per heavy atom. The molecule has 4 nitrogen and oxygen atoms in total. The minimum atomic E-state index is -0.200. The summed E-state index contributed by atoms with van der Waals surface area (Å²) in [5, 5.41) is 0. The summed E-state index contributed by atoms with van der Waals surface area (Å²) in [6.45, 7) is 19.6. The van der Waals surface area contributed by atoms with Crippen LogP contribution in [0.2, 0.25) is 0 Å². The van der Waals surface area contributed by atoms with E-state index in [0.717, 1.165) is 12.8 Å². The second kappa shape index (κ2) is 8.60. The molecule has 0 bridgehead atoms. The van der Waals surface area contributed by atoms with Gasteiger partial charge in [-0.05, 0) is 36.5 Å². The summed E-state index contributed by atoms with van der Waals surface area (Å²) in [6.07, 6.45) is 1.96. The predicted molar refractivity (Wildman–Crippen MR) is 105 cm³/mol. The minimum absolute atomic E-state index is 0.0620. The van der Waals surface area contributed by atoms with Gasteiger partial charge in [-0.25, -0.2) is 0 Å². The van der Waals surface area contributed by atoms with Gasteiger partial charge in [0.05, 0.1) is 12.2 Å². The highest BCUT2D eigenvalue weighted by Gasteiger charge is 2.48. The standard InChI is InChI=1S/C22H41NO3/c1-10-19-14(5)12(3)16(7)21(25-19)23(18(9)24)22-17(8)13(4)15(6)20(11-2)26-22/h12-17,19-22H,10-11H2,1-9H3. The van der Waals surface area contributed by atoms with Gasteiger partial charge >= 0.3 is 0 Å². The van der Waals surface area contributed by atoms with Crippen molar-refractivity contribution in [3.63, 3.8) is 0 Å². The maximum absolute atomic E-state index is 12.8. The fourth-order valence-corrected chi connectivity index (χ4v) is 5.09. The van der Waals surface area contributed by atoms with Crippen molar-refractivity contribution in [2.24, 2.45) is 35.5 Å². The molecule has 2 aliphatic heterocycles. The van der Waals surface area contributed by atoms with Crippen molar-refractivity contribution in [2.75, 3.05) is 0 Å². The van der Waals surface area contributed by atoms with Gasteiger partial charge in [0.2, 0.25) is 5.91 Å². The molecule has 0 aromatic carbocycles. The maximum atomic E-state index is 12.8. The molecule has 2 fully saturated rings. The molecule has 4 heteroatoms. The van der Waals surface area contributed by atoms with Gasteiger partial charge in [-0.2, -0.15) is 0 Å². The van der Waals surface area contributed by atoms with E-state index in [2.05, 4.69) is 55.4 Å². The molecule has 2 rings (SSSR count). The van der Waals surface area contributed by atoms with E-state index in [1.165, 1.54) is 0 Å². The van der Waals surface area contributed by atoms with Crippen LogP contribution in [-0.4, -0.2) is 35.5 Å². The molecule has 10 atom stereocenters. The van der Waals surface area contributed by atoms with Crippen molar-refractivity contribution in [3.8, 4) is 0 Å². The van der Waals surface area contributed by atoms with E-state index < -0.39 is 0 Å². The van der Waals surface area contributed by atoms with Gasteiger partial charge in [0, 0.05) is 18.8 Å². The van der Waals surface area contributed by atoms with Gasteiger partial charge in [-0.1, -0.05) is 55.4 Å². The molecular weight excluding hydrogens is 326 g/mol. The Labute approximate surface area is 161 Å². The number of hydrogen-bond donors (Lipinski definition) is 0. The fourth-order valence-electron chi connectivity index (χ4n) is 5.09. The molecule has 0 aromatic rings. The third-order valence-electron chi connectivity index (χ3n) is 7.73. The molecule has 1 amide bonds. The van der Waals surface area contributed by atoms with Gasteiger partial charge in [-0.3, -0.25) is 9.69 Å². The second-order valence-electron chi connectivity index (χ2n) is 9.03. The lowest BCUT2D eigenvalue weighted by Crippen LogP contribution is -2.62. The number of amides is 1. The molecular formula is C22H41NO3. The van der Waals surface area contributed by atoms with Crippen LogP contribution in [0.15, 0.2) is 0 Å². The van der Waals surface area contributed by atoms with Crippen LogP contribution >= 0.6 is 0 Å². The van der Waals surface area contributed by atoms with Crippen LogP contribution in [0.4, 0.5) is 0 Å². The molecule has 0 aliphatic carbocycles. The van der Waals surface area contributed by atoms with E-state index in [4.69, 9.17) is 9.47 Å². The molecule has 2 heterocycles. The summed E-state index contributed by atoms with van der Waals surface area (Å²) < 4.78 is 13.0. The van der Waals surface area contributed by atoms with Crippen molar-refractivity contribution < 1.29 is 14.3 Å². The van der Waals surface area contributed by atoms with Crippen LogP contribution in [0, 0.1) is 35.5 Å². The fraction of sp³-hybridized carbons (Fsp3) is 0.955. The highest BCUT2D eigenvalue weighted by Crippen LogP contribution is 2.42. The van der Waals surface area contributed by atoms with Crippen LogP contribution in [0.25, 0.3) is 0 Å². The lowest BCUT2D eigenvalue weighted by Gasteiger charge is -2.53. The summed E-state index contributed by atoms with van der Waals surface area (Å²) in [5.74, 6) is 2.69. The van der Waals surface area contributed by atoms with E-state index in [-0.39, 0.29) is 30.6 Å². The van der Waals surface area contributed by atoms with E-state index in [1.54, 1.807) is 6.92 Å². The predicted octanol–water partition coefficient (Wildman–Crippen LogP) is 4.92. The molecule has 0 saturated carbocycles. The molecule has 0 N–H and O–H groups in total. The summed E-state index contributed by atoms with van der Waals surface area (Å²) in [7, 11) is 0. The van der Waals surface area contributed by atoms with E-state index in [1.807, 2.05) is 4.90 Å². The van der Waals surface area contributed by atoms with Crippen molar-refractivity contribution in [1.29, 1.82) is 0 Å². The van der Waals surface area contributed by atoms with E-state index in [9.17, 15) is 4.79 Å². The first-order valence-corrected chi connectivity index (χ1v) is 10.7. The maximum Gasteiger partial charge on any atom is 0.223 e. The molecule has 26 heavy (non-hydrogen) atoms. The molecule has 10 unspecified atom stereocenters. The third kappa shape index (κ3) is 3.82. The monoisotopic (exact) mass is 367 g/mol. The number of rotatable bonds is 4. The van der Waals surface area contributed by atoms with Crippen molar-refractivity contribution >= 4 is 5.91 Å². The summed E-state index contributed by atoms with van der Waals surface area (Å²) in [6, 6.07) is 0. The molecule has 2 aliphatic rings. The van der Waals surface area contributed by atoms with Crippen LogP contribution in [-0.2, 0) is 14.3 Å². The Balaban J connectivity index is 2.34. The first-order chi connectivity index (χ1) is 12.1. The van der Waals surface area contributed by atoms with Crippen LogP contribution < -0.4 is 0 Å². The summed E-state index contributed by atoms with van der Waals surface area (Å²) >= 11 is 0. The Hall–Kier alpha value is -0.610. The number of carbonyl (C=O) groups is 1. The Morgan fingerprint density at radius 3 is 1.31 bits per heavy atom. The zero-order valence-electron chi connectivity index (χ0n) is 18.4. The molecule has 0 spiro atoms. The molecule has 0 radical (unpaired) electrons. The van der Waals surface area contributed by atoms with Crippen molar-refractivity contribution in [1.82, 2.24) is 4.90 Å². The first-order valence-electron chi connectivity index (χ1n) is 10.7. The SMILES string of the molecule is CCC1OC(N(C(C)=O)C2OC(CC)C(C)C(C)C2C)C(C)C(C)C1C. The van der Waals surface area contributed by atoms with Gasteiger partial charge in [0.25, 0.3) is 0 Å². The molecule has 0 aromatic heterocycles. The summed E-state index contributed by atoms with van der Waals surface area (Å²) in [5.41, 5.74) is 0. The highest BCUT2D eigenvalue weighted by atomic mass is 16.5. The Kier molecular flexibility index (Phi) is 7.17. The van der Waals surface area contributed by atoms with Crippen molar-refractivity contribution in [3.05, 3.63) is 0 Å². The van der Waals surface area contributed by atoms with Crippen LogP contribution in [0.1, 0.15) is 75.2 Å². The second-order valence-corrected chi connectivity index (χ2v) is 9.03. The Bertz CT molecular complexity index is 442. The zero-order valence-corrected chi connectivity index (χ0v) is 18.4. The van der Waals surface area contributed by atoms with Gasteiger partial charge in [-0.15, -0.1) is 0 Å². The van der Waals surface area contributed by atoms with E-state index in [0.29, 0.717) is 35.5 Å². The number of ether oxygens (including phenoxy) is 2. The average molecular weight is 368 g/mol. The lowest BCUT2D eigenvalue weighted by molar-refractivity contribution is -0.264. The Morgan fingerprint density at radius 2 is 1.04 bits per heavy atom. The lowest BCUT2D eigenvalue weighted by atomic mass is 9.75. The first kappa shape index (κ1) is 21.7. The number of carbonyl (C=O) groups excluding carboxylic acids is 1. The minimum Gasteiger partial charge on any atom is -0.354 e. The van der Waals surface area contributed by atoms with Gasteiger partial charge < -0.3 is 9.47 Å². The third-order valence-corrected chi connectivity index (χ3v) is 7.73. The van der Waals surface area contributed by atoms with Crippen LogP contribution in [0.5, 0.6) is 0 Å². The highest BCUT2D eigenvalue weighted by molar-refractivity contribution is 5.73. The zero-order chi connectivity index (χ0) is 19.8. The number of hydrogen-bond acceptors (Lipinski definition) is 3. The van der Waals surface area contributed by atoms with E-state index >= 15 is 0 Å². The number of nitrogens with zero attached hydrogens (tertiary/aromatic N) is 1. The normalized spacial score (nSPS) is 46.8. The van der Waals surface area contributed by atoms with Gasteiger partial charge in [0.1, 0.15) is 12.5 Å². The summed E-state index contributed by atoms with van der Waals surface area (Å²) in [4.78, 5) is 14.7. The smallest absolute Gasteiger partial charge is 0.223 e. The van der Waals surface area contributed by atoms with Crippen LogP contribution in [0.3, 0.4) is 0 Å². The topological polar surface area (TPSA) is 38.8 Å².